The molecule has 7 heteroatoms. The van der Waals surface area contributed by atoms with Crippen LogP contribution < -0.4 is 16.4 Å². The molecule has 3 rings (SSSR count). The summed E-state index contributed by atoms with van der Waals surface area (Å²) >= 11 is 0.902. The molecule has 5 N–H and O–H groups in total. The third kappa shape index (κ3) is 6.16. The Kier molecular flexibility index (Phi) is 4.52. The molecule has 0 fully saturated rings. The highest BCUT2D eigenvalue weighted by Crippen LogP contribution is 2.14. The zero-order valence-corrected chi connectivity index (χ0v) is 15.7. The second-order valence-electron chi connectivity index (χ2n) is 5.84. The number of nitrogens with one attached hydrogen (secondary N) is 2. The third-order valence-corrected chi connectivity index (χ3v) is 4.30. The number of aliphatic hydroxyl groups excluding tert-OH is 1. The van der Waals surface area contributed by atoms with Gasteiger partial charge >= 0.3 is 0 Å². The summed E-state index contributed by atoms with van der Waals surface area (Å²) in [4.78, 5) is 16.3. The molecule has 0 aliphatic rings. The smallest absolute Gasteiger partial charge is 0.230 e. The van der Waals surface area contributed by atoms with Gasteiger partial charge in [0.15, 0.2) is 5.13 Å². The van der Waals surface area contributed by atoms with Crippen molar-refractivity contribution in [3.05, 3.63) is 76.7 Å². The number of aliphatic hydroxyl groups is 1. The second-order valence-corrected chi connectivity index (χ2v) is 6.67. The van der Waals surface area contributed by atoms with Gasteiger partial charge in [-0.25, -0.2) is 4.98 Å². The number of hydrogen-bond acceptors (Lipinski definition) is 6. The number of thiazole rings is 1. The average Bonchev–Trinajstić information content (AvgIpc) is 3.13. The summed E-state index contributed by atoms with van der Waals surface area (Å²) in [6.45, 7) is -2.29. The zero-order valence-electron chi connectivity index (χ0n) is 21.9. The van der Waals surface area contributed by atoms with E-state index in [1.54, 1.807) is 30.3 Å². The van der Waals surface area contributed by atoms with Gasteiger partial charge in [0, 0.05) is 20.3 Å². The number of nitrogen functional groups attached to an aromatic ring is 1. The molecule has 0 spiro atoms. The zero-order chi connectivity index (χ0) is 25.9. The number of aromatic nitrogens is 1. The highest BCUT2D eigenvalue weighted by molar-refractivity contribution is 7.13. The maximum absolute atomic E-state index is 12.4. The van der Waals surface area contributed by atoms with Crippen molar-refractivity contribution in [3.8, 4) is 0 Å². The number of benzene rings is 2. The molecule has 1 heterocycles. The van der Waals surface area contributed by atoms with Crippen LogP contribution in [-0.2, 0) is 17.6 Å². The van der Waals surface area contributed by atoms with Crippen molar-refractivity contribution in [2.75, 3.05) is 24.1 Å². The van der Waals surface area contributed by atoms with Crippen LogP contribution in [0.15, 0.2) is 59.9 Å². The molecule has 2 aromatic carbocycles. The molecule has 0 saturated carbocycles. The molecule has 1 aromatic heterocycles. The van der Waals surface area contributed by atoms with Crippen molar-refractivity contribution < 1.29 is 19.5 Å². The first-order chi connectivity index (χ1) is 16.4. The first-order valence-corrected chi connectivity index (χ1v) is 9.30. The van der Waals surface area contributed by atoms with E-state index in [0.717, 1.165) is 11.3 Å². The molecule has 0 radical (unpaired) electrons. The summed E-state index contributed by atoms with van der Waals surface area (Å²) < 4.78 is 57.2. The van der Waals surface area contributed by atoms with Crippen LogP contribution in [-0.4, -0.2) is 29.0 Å². The van der Waals surface area contributed by atoms with Gasteiger partial charge in [-0.3, -0.25) is 4.79 Å². The van der Waals surface area contributed by atoms with Gasteiger partial charge < -0.3 is 21.5 Å². The number of nitrogens with two attached hydrogens (primary N) is 1. The van der Waals surface area contributed by atoms with E-state index >= 15 is 0 Å². The second kappa shape index (κ2) is 9.98. The molecule has 28 heavy (non-hydrogen) atoms. The topological polar surface area (TPSA) is 100 Å². The number of hydrogen-bond donors (Lipinski definition) is 4. The molecule has 0 aliphatic heterocycles. The van der Waals surface area contributed by atoms with Crippen molar-refractivity contribution in [3.63, 3.8) is 0 Å². The Morgan fingerprint density at radius 2 is 2.04 bits per heavy atom. The van der Waals surface area contributed by atoms with Crippen LogP contribution in [0, 0.1) is 0 Å². The minimum absolute atomic E-state index is 0.0136. The molecule has 0 unspecified atom stereocenters. The van der Waals surface area contributed by atoms with Crippen molar-refractivity contribution in [1.82, 2.24) is 10.3 Å². The van der Waals surface area contributed by atoms with Crippen LogP contribution in [0.3, 0.4) is 0 Å². The Hall–Kier alpha value is -2.74. The van der Waals surface area contributed by atoms with E-state index in [-0.39, 0.29) is 40.4 Å². The molecule has 0 aliphatic carbocycles. The van der Waals surface area contributed by atoms with Crippen LogP contribution in [0.4, 0.5) is 10.8 Å². The lowest BCUT2D eigenvalue weighted by Gasteiger charge is -2.12. The van der Waals surface area contributed by atoms with Crippen LogP contribution in [0.5, 0.6) is 0 Å². The van der Waals surface area contributed by atoms with E-state index in [0.29, 0.717) is 5.56 Å². The van der Waals surface area contributed by atoms with Gasteiger partial charge in [-0.2, -0.15) is 0 Å². The van der Waals surface area contributed by atoms with E-state index in [1.807, 2.05) is 0 Å². The minimum atomic E-state index is -2.15. The Morgan fingerprint density at radius 3 is 2.71 bits per heavy atom. The third-order valence-electron chi connectivity index (χ3n) is 3.66. The van der Waals surface area contributed by atoms with Crippen molar-refractivity contribution in [1.29, 1.82) is 0 Å². The van der Waals surface area contributed by atoms with Gasteiger partial charge in [-0.1, -0.05) is 42.4 Å². The monoisotopic (exact) mass is 403 g/mol. The molecule has 3 aromatic rings. The predicted molar refractivity (Wildman–Crippen MR) is 113 cm³/mol. The Balaban J connectivity index is 1.75. The summed E-state index contributed by atoms with van der Waals surface area (Å²) in [6, 6.07) is 6.64. The number of nitrogens with zero attached hydrogens (tertiary/aromatic N) is 1. The lowest BCUT2D eigenvalue weighted by molar-refractivity contribution is -0.115. The van der Waals surface area contributed by atoms with Gasteiger partial charge in [-0.15, -0.1) is 11.3 Å². The number of carbonyl (C=O) groups excluding carboxylic acids is 1. The van der Waals surface area contributed by atoms with Gasteiger partial charge in [-0.05, 0) is 36.1 Å². The first kappa shape index (κ1) is 12.7. The molecule has 0 bridgehead atoms. The Morgan fingerprint density at radius 1 is 1.29 bits per heavy atom. The van der Waals surface area contributed by atoms with E-state index in [2.05, 4.69) is 15.6 Å². The number of amides is 1. The highest BCUT2D eigenvalue weighted by atomic mass is 32.1. The fourth-order valence-corrected chi connectivity index (χ4v) is 2.80. The predicted octanol–water partition coefficient (Wildman–Crippen LogP) is 2.77. The van der Waals surface area contributed by atoms with E-state index in [1.165, 1.54) is 0 Å². The molecular formula is C21H24N4O2S. The largest absolute Gasteiger partial charge is 0.387 e. The Bertz CT molecular complexity index is 1200. The fraction of sp³-hybridized carbons (Fsp3) is 0.238. The highest BCUT2D eigenvalue weighted by Gasteiger charge is 2.08. The molecule has 6 nitrogen and oxygen atoms in total. The lowest BCUT2D eigenvalue weighted by Crippen LogP contribution is -2.23. The molecule has 146 valence electrons. The van der Waals surface area contributed by atoms with E-state index in [4.69, 9.17) is 15.3 Å². The van der Waals surface area contributed by atoms with Crippen molar-refractivity contribution in [2.45, 2.75) is 18.9 Å². The number of anilines is 2. The van der Waals surface area contributed by atoms with Crippen molar-refractivity contribution in [2.24, 2.45) is 0 Å². The standard InChI is InChI=1S/C21H24N4O2S/c22-21-25-18(14-28-21)12-20(27)24-17-8-6-15(7-9-17)10-11-23-13-19(26)16-4-2-1-3-5-16/h1-9,14,19,23,26H,10-13H2,(H2,22,25)(H,24,27)/t19-/m1/s1/i6D,7D,8D,9D,11D2,14D. The fourth-order valence-electron chi connectivity index (χ4n) is 2.30. The maximum atomic E-state index is 12.4. The molecular weight excluding hydrogens is 372 g/mol. The van der Waals surface area contributed by atoms with E-state index in [9.17, 15) is 9.90 Å². The summed E-state index contributed by atoms with van der Waals surface area (Å²) in [5, 5.41) is 15.3. The van der Waals surface area contributed by atoms with Gasteiger partial charge in [0.25, 0.3) is 0 Å². The van der Waals surface area contributed by atoms with E-state index < -0.39 is 49.1 Å². The lowest BCUT2D eigenvalue weighted by atomic mass is 10.1. The molecule has 0 saturated heterocycles. The number of rotatable bonds is 9. The quantitative estimate of drug-likeness (QED) is 0.440. The molecule has 1 atom stereocenters. The van der Waals surface area contributed by atoms with Gasteiger partial charge in [0.1, 0.15) is 0 Å². The SMILES string of the molecule is [2H]c1sc(N)nc1CC(=O)Nc1c([2H])c([2H])c(CC([2H])([2H])NC[C@@H](O)c2ccccc2)c([2H])c1[2H]. The minimum Gasteiger partial charge on any atom is -0.387 e. The average molecular weight is 404 g/mol. The first-order valence-electron chi connectivity index (χ1n) is 12.0. The summed E-state index contributed by atoms with van der Waals surface area (Å²) in [7, 11) is 0. The summed E-state index contributed by atoms with van der Waals surface area (Å²) in [5.41, 5.74) is 5.73. The summed E-state index contributed by atoms with van der Waals surface area (Å²) in [6.07, 6.45) is -1.81. The van der Waals surface area contributed by atoms with Crippen LogP contribution in [0.25, 0.3) is 0 Å². The maximum Gasteiger partial charge on any atom is 0.230 e. The van der Waals surface area contributed by atoms with Crippen molar-refractivity contribution >= 4 is 28.1 Å². The van der Waals surface area contributed by atoms with Crippen LogP contribution in [0.2, 0.25) is 0 Å². The Labute approximate surface area is 178 Å². The van der Waals surface area contributed by atoms with Gasteiger partial charge in [0.05, 0.1) is 25.1 Å². The van der Waals surface area contributed by atoms with Crippen LogP contribution in [0.1, 0.15) is 32.5 Å². The normalized spacial score (nSPS) is 16.0. The number of carbonyl (C=O) groups is 1. The summed E-state index contributed by atoms with van der Waals surface area (Å²) in [5.74, 6) is -0.691. The van der Waals surface area contributed by atoms with Gasteiger partial charge in [0.2, 0.25) is 5.91 Å². The van der Waals surface area contributed by atoms with Crippen LogP contribution >= 0.6 is 11.3 Å². The molecule has 1 amide bonds.